The molecule has 1 aromatic heterocycles. The van der Waals surface area contributed by atoms with E-state index in [0.717, 1.165) is 5.56 Å². The number of furan rings is 1. The van der Waals surface area contributed by atoms with E-state index < -0.39 is 6.04 Å². The third kappa shape index (κ3) is 4.19. The van der Waals surface area contributed by atoms with E-state index in [1.165, 1.54) is 6.26 Å². The summed E-state index contributed by atoms with van der Waals surface area (Å²) in [5, 5.41) is 5.43. The van der Waals surface area contributed by atoms with Gasteiger partial charge in [0.25, 0.3) is 5.91 Å². The first kappa shape index (κ1) is 14.8. The first-order valence-electron chi connectivity index (χ1n) is 6.53. The van der Waals surface area contributed by atoms with E-state index in [0.29, 0.717) is 12.2 Å². The van der Waals surface area contributed by atoms with Crippen LogP contribution in [0.1, 0.15) is 23.0 Å². The van der Waals surface area contributed by atoms with E-state index in [2.05, 4.69) is 10.6 Å². The fourth-order valence-electron chi connectivity index (χ4n) is 1.66. The molecular weight excluding hydrogens is 270 g/mol. The smallest absolute Gasteiger partial charge is 0.291 e. The number of benzene rings is 1. The summed E-state index contributed by atoms with van der Waals surface area (Å²) in [7, 11) is 0. The van der Waals surface area contributed by atoms with Crippen LogP contribution >= 0.6 is 0 Å². The maximum absolute atomic E-state index is 11.8. The highest BCUT2D eigenvalue weighted by Gasteiger charge is 2.09. The molecule has 2 amide bonds. The number of anilines is 1. The van der Waals surface area contributed by atoms with Crippen molar-refractivity contribution in [3.8, 4) is 0 Å². The Bertz CT molecular complexity index is 604. The van der Waals surface area contributed by atoms with Gasteiger partial charge in [-0.25, -0.2) is 0 Å². The maximum Gasteiger partial charge on any atom is 0.291 e. The van der Waals surface area contributed by atoms with Gasteiger partial charge in [-0.2, -0.15) is 0 Å². The van der Waals surface area contributed by atoms with Gasteiger partial charge in [0.15, 0.2) is 5.76 Å². The minimum Gasteiger partial charge on any atom is -0.459 e. The number of hydrogen-bond donors (Lipinski definition) is 3. The van der Waals surface area contributed by atoms with Gasteiger partial charge in [0.2, 0.25) is 5.91 Å². The minimum atomic E-state index is -0.531. The van der Waals surface area contributed by atoms with Gasteiger partial charge in [0.05, 0.1) is 12.3 Å². The lowest BCUT2D eigenvalue weighted by Gasteiger charge is -2.08. The summed E-state index contributed by atoms with van der Waals surface area (Å²) >= 11 is 0. The summed E-state index contributed by atoms with van der Waals surface area (Å²) < 4.78 is 5.01. The lowest BCUT2D eigenvalue weighted by molar-refractivity contribution is -0.122. The monoisotopic (exact) mass is 287 g/mol. The number of carbonyl (C=O) groups excluding carboxylic acids is 2. The fourth-order valence-corrected chi connectivity index (χ4v) is 1.66. The molecule has 6 heteroatoms. The van der Waals surface area contributed by atoms with Gasteiger partial charge < -0.3 is 20.8 Å². The van der Waals surface area contributed by atoms with Crippen molar-refractivity contribution in [2.24, 2.45) is 5.73 Å². The molecule has 0 aliphatic heterocycles. The molecule has 0 bridgehead atoms. The molecule has 4 N–H and O–H groups in total. The zero-order valence-corrected chi connectivity index (χ0v) is 11.6. The van der Waals surface area contributed by atoms with Crippen molar-refractivity contribution < 1.29 is 14.0 Å². The van der Waals surface area contributed by atoms with Crippen LogP contribution in [0.4, 0.5) is 5.69 Å². The van der Waals surface area contributed by atoms with E-state index in [-0.39, 0.29) is 17.6 Å². The Hall–Kier alpha value is -2.60. The average molecular weight is 287 g/mol. The molecule has 1 aromatic carbocycles. The molecule has 110 valence electrons. The van der Waals surface area contributed by atoms with Crippen LogP contribution in [0.2, 0.25) is 0 Å². The van der Waals surface area contributed by atoms with E-state index in [1.807, 2.05) is 12.1 Å². The number of rotatable bonds is 5. The van der Waals surface area contributed by atoms with Crippen molar-refractivity contribution in [1.29, 1.82) is 0 Å². The summed E-state index contributed by atoms with van der Waals surface area (Å²) in [6.07, 6.45) is 1.44. The lowest BCUT2D eigenvalue weighted by Crippen LogP contribution is -2.37. The number of hydrogen-bond acceptors (Lipinski definition) is 4. The molecule has 1 atom stereocenters. The van der Waals surface area contributed by atoms with Crippen LogP contribution < -0.4 is 16.4 Å². The molecule has 0 saturated heterocycles. The normalized spacial score (nSPS) is 11.7. The Morgan fingerprint density at radius 3 is 2.52 bits per heavy atom. The van der Waals surface area contributed by atoms with Crippen molar-refractivity contribution >= 4 is 17.5 Å². The summed E-state index contributed by atoms with van der Waals surface area (Å²) in [6.45, 7) is 2.02. The van der Waals surface area contributed by atoms with Crippen LogP contribution in [0.25, 0.3) is 0 Å². The second kappa shape index (κ2) is 6.71. The van der Waals surface area contributed by atoms with Gasteiger partial charge in [-0.05, 0) is 36.8 Å². The standard InChI is InChI=1S/C15H17N3O3/c1-10(16)14(19)17-9-11-4-6-12(7-5-11)18-15(20)13-3-2-8-21-13/h2-8,10H,9,16H2,1H3,(H,17,19)(H,18,20)/t10-/m1/s1. The molecule has 0 fully saturated rings. The quantitative estimate of drug-likeness (QED) is 0.776. The van der Waals surface area contributed by atoms with E-state index in [1.54, 1.807) is 31.2 Å². The molecule has 0 spiro atoms. The minimum absolute atomic E-state index is 0.204. The van der Waals surface area contributed by atoms with E-state index in [4.69, 9.17) is 10.2 Å². The SMILES string of the molecule is C[C@@H](N)C(=O)NCc1ccc(NC(=O)c2ccco2)cc1. The van der Waals surface area contributed by atoms with Gasteiger partial charge in [0, 0.05) is 12.2 Å². The Balaban J connectivity index is 1.90. The molecule has 0 unspecified atom stereocenters. The highest BCUT2D eigenvalue weighted by atomic mass is 16.3. The number of nitrogens with one attached hydrogen (secondary N) is 2. The summed E-state index contributed by atoms with van der Waals surface area (Å²) in [6, 6.07) is 9.87. The molecular formula is C15H17N3O3. The molecule has 0 aliphatic rings. The molecule has 1 heterocycles. The van der Waals surface area contributed by atoms with Crippen LogP contribution in [0.5, 0.6) is 0 Å². The molecule has 6 nitrogen and oxygen atoms in total. The molecule has 0 saturated carbocycles. The van der Waals surface area contributed by atoms with Crippen LogP contribution in [0.15, 0.2) is 47.1 Å². The topological polar surface area (TPSA) is 97.4 Å². The van der Waals surface area contributed by atoms with Gasteiger partial charge in [0.1, 0.15) is 0 Å². The van der Waals surface area contributed by atoms with Gasteiger partial charge in [-0.15, -0.1) is 0 Å². The maximum atomic E-state index is 11.8. The lowest BCUT2D eigenvalue weighted by atomic mass is 10.2. The molecule has 2 aromatic rings. The molecule has 21 heavy (non-hydrogen) atoms. The van der Waals surface area contributed by atoms with Crippen molar-refractivity contribution in [1.82, 2.24) is 5.32 Å². The van der Waals surface area contributed by atoms with Crippen LogP contribution in [0.3, 0.4) is 0 Å². The first-order valence-corrected chi connectivity index (χ1v) is 6.53. The Morgan fingerprint density at radius 2 is 1.95 bits per heavy atom. The Labute approximate surface area is 122 Å². The van der Waals surface area contributed by atoms with E-state index >= 15 is 0 Å². The zero-order chi connectivity index (χ0) is 15.2. The third-order valence-corrected chi connectivity index (χ3v) is 2.84. The van der Waals surface area contributed by atoms with Gasteiger partial charge in [-0.1, -0.05) is 12.1 Å². The highest BCUT2D eigenvalue weighted by Crippen LogP contribution is 2.11. The number of carbonyl (C=O) groups is 2. The fraction of sp³-hybridized carbons (Fsp3) is 0.200. The van der Waals surface area contributed by atoms with Crippen LogP contribution in [-0.4, -0.2) is 17.9 Å². The van der Waals surface area contributed by atoms with Gasteiger partial charge >= 0.3 is 0 Å². The first-order chi connectivity index (χ1) is 10.1. The Kier molecular flexibility index (Phi) is 4.73. The van der Waals surface area contributed by atoms with Crippen molar-refractivity contribution in [2.45, 2.75) is 19.5 Å². The van der Waals surface area contributed by atoms with Crippen molar-refractivity contribution in [2.75, 3.05) is 5.32 Å². The number of amides is 2. The summed E-state index contributed by atoms with van der Waals surface area (Å²) in [4.78, 5) is 23.1. The Morgan fingerprint density at radius 1 is 1.24 bits per heavy atom. The van der Waals surface area contributed by atoms with Gasteiger partial charge in [-0.3, -0.25) is 9.59 Å². The largest absolute Gasteiger partial charge is 0.459 e. The van der Waals surface area contributed by atoms with E-state index in [9.17, 15) is 9.59 Å². The zero-order valence-electron chi connectivity index (χ0n) is 11.6. The molecule has 2 rings (SSSR count). The average Bonchev–Trinajstić information content (AvgIpc) is 3.00. The molecule has 0 radical (unpaired) electrons. The van der Waals surface area contributed by atoms with Crippen molar-refractivity contribution in [3.05, 3.63) is 54.0 Å². The molecule has 0 aliphatic carbocycles. The predicted octanol–water partition coefficient (Wildman–Crippen LogP) is 1.50. The second-order valence-corrected chi connectivity index (χ2v) is 4.63. The highest BCUT2D eigenvalue weighted by molar-refractivity contribution is 6.02. The predicted molar refractivity (Wildman–Crippen MR) is 78.6 cm³/mol. The number of nitrogens with two attached hydrogens (primary N) is 1. The third-order valence-electron chi connectivity index (χ3n) is 2.84. The van der Waals surface area contributed by atoms with Crippen LogP contribution in [0, 0.1) is 0 Å². The van der Waals surface area contributed by atoms with Crippen molar-refractivity contribution in [3.63, 3.8) is 0 Å². The summed E-state index contributed by atoms with van der Waals surface area (Å²) in [5.41, 5.74) is 7.03. The van der Waals surface area contributed by atoms with Crippen LogP contribution in [-0.2, 0) is 11.3 Å². The second-order valence-electron chi connectivity index (χ2n) is 4.63. The summed E-state index contributed by atoms with van der Waals surface area (Å²) in [5.74, 6) is -0.258.